The van der Waals surface area contributed by atoms with Gasteiger partial charge in [0.2, 0.25) is 0 Å². The predicted octanol–water partition coefficient (Wildman–Crippen LogP) is 1.81. The summed E-state index contributed by atoms with van der Waals surface area (Å²) in [5.41, 5.74) is 6.85. The van der Waals surface area contributed by atoms with Gasteiger partial charge in [-0.05, 0) is 30.8 Å². The SMILES string of the molecule is Cc1coc(Sc2ncccc2C(=N)N)n1. The number of aromatic nitrogens is 2. The van der Waals surface area contributed by atoms with E-state index < -0.39 is 0 Å². The van der Waals surface area contributed by atoms with E-state index in [1.54, 1.807) is 24.6 Å². The van der Waals surface area contributed by atoms with Crippen LogP contribution < -0.4 is 5.73 Å². The van der Waals surface area contributed by atoms with Crippen LogP contribution in [0.25, 0.3) is 0 Å². The molecular formula is C10H10N4OS. The van der Waals surface area contributed by atoms with Gasteiger partial charge in [0, 0.05) is 11.8 Å². The molecule has 0 aliphatic carbocycles. The highest BCUT2D eigenvalue weighted by Gasteiger charge is 2.10. The van der Waals surface area contributed by atoms with E-state index in [1.165, 1.54) is 11.8 Å². The molecule has 0 fully saturated rings. The van der Waals surface area contributed by atoms with Crippen molar-refractivity contribution in [1.82, 2.24) is 9.97 Å². The molecule has 0 aromatic carbocycles. The summed E-state index contributed by atoms with van der Waals surface area (Å²) in [6.07, 6.45) is 3.21. The van der Waals surface area contributed by atoms with E-state index >= 15 is 0 Å². The number of rotatable bonds is 3. The molecule has 2 aromatic rings. The van der Waals surface area contributed by atoms with E-state index in [1.807, 2.05) is 6.92 Å². The number of nitrogens with zero attached hydrogens (tertiary/aromatic N) is 2. The first-order valence-electron chi connectivity index (χ1n) is 4.56. The van der Waals surface area contributed by atoms with E-state index in [2.05, 4.69) is 9.97 Å². The molecule has 3 N–H and O–H groups in total. The quantitative estimate of drug-likeness (QED) is 0.624. The number of pyridine rings is 1. The fraction of sp³-hybridized carbons (Fsp3) is 0.100. The fourth-order valence-electron chi connectivity index (χ4n) is 1.14. The lowest BCUT2D eigenvalue weighted by atomic mass is 10.3. The van der Waals surface area contributed by atoms with Crippen molar-refractivity contribution in [2.45, 2.75) is 17.2 Å². The Morgan fingerprint density at radius 2 is 2.38 bits per heavy atom. The van der Waals surface area contributed by atoms with Gasteiger partial charge >= 0.3 is 0 Å². The lowest BCUT2D eigenvalue weighted by Crippen LogP contribution is -2.12. The summed E-state index contributed by atoms with van der Waals surface area (Å²) in [5.74, 6) is -0.0149. The van der Waals surface area contributed by atoms with Crippen molar-refractivity contribution in [2.75, 3.05) is 0 Å². The first kappa shape index (κ1) is 10.7. The van der Waals surface area contributed by atoms with Crippen LogP contribution in [-0.2, 0) is 0 Å². The molecule has 0 atom stereocenters. The minimum Gasteiger partial charge on any atom is -0.439 e. The molecule has 0 bridgehead atoms. The molecule has 0 amide bonds. The van der Waals surface area contributed by atoms with Gasteiger partial charge in [0.15, 0.2) is 0 Å². The summed E-state index contributed by atoms with van der Waals surface area (Å²) in [6, 6.07) is 3.48. The van der Waals surface area contributed by atoms with Crippen molar-refractivity contribution in [2.24, 2.45) is 5.73 Å². The fourth-order valence-corrected chi connectivity index (χ4v) is 1.99. The largest absolute Gasteiger partial charge is 0.439 e. The summed E-state index contributed by atoms with van der Waals surface area (Å²) in [4.78, 5) is 8.30. The number of aryl methyl sites for hydroxylation is 1. The number of nitrogens with two attached hydrogens (primary N) is 1. The van der Waals surface area contributed by atoms with Crippen LogP contribution >= 0.6 is 11.8 Å². The first-order chi connectivity index (χ1) is 7.66. The lowest BCUT2D eigenvalue weighted by molar-refractivity contribution is 0.454. The van der Waals surface area contributed by atoms with Crippen LogP contribution in [0.15, 0.2) is 39.3 Å². The van der Waals surface area contributed by atoms with Crippen molar-refractivity contribution >= 4 is 17.6 Å². The van der Waals surface area contributed by atoms with E-state index in [9.17, 15) is 0 Å². The zero-order valence-corrected chi connectivity index (χ0v) is 9.41. The van der Waals surface area contributed by atoms with E-state index in [4.69, 9.17) is 15.6 Å². The molecule has 0 aliphatic rings. The third kappa shape index (κ3) is 2.22. The van der Waals surface area contributed by atoms with Crippen LogP contribution in [0, 0.1) is 12.3 Å². The zero-order valence-electron chi connectivity index (χ0n) is 8.60. The van der Waals surface area contributed by atoms with Gasteiger partial charge in [0.05, 0.1) is 5.69 Å². The molecule has 2 rings (SSSR count). The van der Waals surface area contributed by atoms with Crippen molar-refractivity contribution in [1.29, 1.82) is 5.41 Å². The number of oxazole rings is 1. The van der Waals surface area contributed by atoms with E-state index in [0.717, 1.165) is 5.69 Å². The molecule has 0 saturated heterocycles. The second kappa shape index (κ2) is 4.36. The molecule has 82 valence electrons. The summed E-state index contributed by atoms with van der Waals surface area (Å²) < 4.78 is 5.20. The van der Waals surface area contributed by atoms with Crippen LogP contribution in [-0.4, -0.2) is 15.8 Å². The second-order valence-electron chi connectivity index (χ2n) is 3.13. The van der Waals surface area contributed by atoms with Crippen LogP contribution in [0.1, 0.15) is 11.3 Å². The highest BCUT2D eigenvalue weighted by molar-refractivity contribution is 7.99. The maximum atomic E-state index is 7.42. The Morgan fingerprint density at radius 1 is 1.56 bits per heavy atom. The van der Waals surface area contributed by atoms with Crippen molar-refractivity contribution in [3.8, 4) is 0 Å². The molecule has 16 heavy (non-hydrogen) atoms. The van der Waals surface area contributed by atoms with Gasteiger partial charge in [-0.1, -0.05) is 0 Å². The maximum absolute atomic E-state index is 7.42. The molecule has 2 aromatic heterocycles. The summed E-state index contributed by atoms with van der Waals surface area (Å²) in [7, 11) is 0. The molecule has 0 spiro atoms. The van der Waals surface area contributed by atoms with Crippen molar-refractivity contribution < 1.29 is 4.42 Å². The van der Waals surface area contributed by atoms with Crippen LogP contribution in [0.3, 0.4) is 0 Å². The molecule has 2 heterocycles. The number of amidine groups is 1. The first-order valence-corrected chi connectivity index (χ1v) is 5.38. The Labute approximate surface area is 96.6 Å². The van der Waals surface area contributed by atoms with Gasteiger partial charge in [-0.3, -0.25) is 5.41 Å². The van der Waals surface area contributed by atoms with Crippen LogP contribution in [0.4, 0.5) is 0 Å². The Morgan fingerprint density at radius 3 is 3.00 bits per heavy atom. The monoisotopic (exact) mass is 234 g/mol. The summed E-state index contributed by atoms with van der Waals surface area (Å²) in [5, 5.41) is 8.54. The molecule has 5 nitrogen and oxygen atoms in total. The molecule has 0 aliphatic heterocycles. The normalized spacial score (nSPS) is 10.3. The van der Waals surface area contributed by atoms with Crippen LogP contribution in [0.2, 0.25) is 0 Å². The second-order valence-corrected chi connectivity index (χ2v) is 4.07. The summed E-state index contributed by atoms with van der Waals surface area (Å²) in [6.45, 7) is 1.85. The van der Waals surface area contributed by atoms with Gasteiger partial charge in [0.25, 0.3) is 5.22 Å². The molecule has 6 heteroatoms. The summed E-state index contributed by atoms with van der Waals surface area (Å²) >= 11 is 1.25. The minimum absolute atomic E-state index is 0.0149. The zero-order chi connectivity index (χ0) is 11.5. The standard InChI is InChI=1S/C10H10N4OS/c1-6-5-15-10(14-6)16-9-7(8(11)12)3-2-4-13-9/h2-5H,1H3,(H3,11,12). The minimum atomic E-state index is -0.0149. The maximum Gasteiger partial charge on any atom is 0.262 e. The molecule has 0 radical (unpaired) electrons. The third-order valence-corrected chi connectivity index (χ3v) is 2.72. The molecular weight excluding hydrogens is 224 g/mol. The highest BCUT2D eigenvalue weighted by Crippen LogP contribution is 2.27. The topological polar surface area (TPSA) is 88.8 Å². The smallest absolute Gasteiger partial charge is 0.262 e. The van der Waals surface area contributed by atoms with Gasteiger partial charge < -0.3 is 10.2 Å². The van der Waals surface area contributed by atoms with Crippen LogP contribution in [0.5, 0.6) is 0 Å². The Hall–Kier alpha value is -1.82. The lowest BCUT2D eigenvalue weighted by Gasteiger charge is -2.03. The average Bonchev–Trinajstić information content (AvgIpc) is 2.64. The number of nitrogen functional groups attached to an aromatic ring is 1. The van der Waals surface area contributed by atoms with E-state index in [0.29, 0.717) is 15.8 Å². The van der Waals surface area contributed by atoms with Crippen molar-refractivity contribution in [3.05, 3.63) is 35.9 Å². The Kier molecular flexibility index (Phi) is 2.91. The number of hydrogen-bond acceptors (Lipinski definition) is 5. The van der Waals surface area contributed by atoms with E-state index in [-0.39, 0.29) is 5.84 Å². The average molecular weight is 234 g/mol. The molecule has 0 saturated carbocycles. The van der Waals surface area contributed by atoms with Gasteiger partial charge in [-0.25, -0.2) is 9.97 Å². The van der Waals surface area contributed by atoms with Gasteiger partial charge in [0.1, 0.15) is 17.1 Å². The third-order valence-electron chi connectivity index (χ3n) is 1.84. The highest BCUT2D eigenvalue weighted by atomic mass is 32.2. The van der Waals surface area contributed by atoms with Crippen molar-refractivity contribution in [3.63, 3.8) is 0 Å². The van der Waals surface area contributed by atoms with Gasteiger partial charge in [-0.2, -0.15) is 0 Å². The van der Waals surface area contributed by atoms with Gasteiger partial charge in [-0.15, -0.1) is 0 Å². The Bertz CT molecular complexity index is 523. The number of nitrogens with one attached hydrogen (secondary N) is 1. The predicted molar refractivity (Wildman–Crippen MR) is 60.6 cm³/mol. The molecule has 0 unspecified atom stereocenters. The number of hydrogen-bond donors (Lipinski definition) is 2. The Balaban J connectivity index is 2.31.